The van der Waals surface area contributed by atoms with Crippen molar-refractivity contribution in [2.24, 2.45) is 5.73 Å². The largest absolute Gasteiger partial charge is 0.513 e. The van der Waals surface area contributed by atoms with Gasteiger partial charge in [-0.25, -0.2) is 9.59 Å². The fourth-order valence-electron chi connectivity index (χ4n) is 2.88. The molecular weight excluding hydrogens is 412 g/mol. The average Bonchev–Trinajstić information content (AvgIpc) is 2.66. The molecule has 1 aliphatic heterocycles. The Morgan fingerprint density at radius 2 is 1.70 bits per heavy atom. The fourth-order valence-corrected chi connectivity index (χ4v) is 3.13. The maximum Gasteiger partial charge on any atom is 0.513 e. The van der Waals surface area contributed by atoms with Gasteiger partial charge in [-0.3, -0.25) is 0 Å². The average molecular weight is 439 g/mol. The van der Waals surface area contributed by atoms with E-state index < -0.39 is 18.2 Å². The fraction of sp³-hybridized carbons (Fsp3) is 0.429. The van der Waals surface area contributed by atoms with Gasteiger partial charge in [-0.2, -0.15) is 0 Å². The molecule has 8 nitrogen and oxygen atoms in total. The zero-order valence-corrected chi connectivity index (χ0v) is 18.2. The van der Waals surface area contributed by atoms with Crippen LogP contribution in [0.3, 0.4) is 0 Å². The number of nitrogens with two attached hydrogens (primary N) is 1. The number of ether oxygens (including phenoxy) is 4. The van der Waals surface area contributed by atoms with Gasteiger partial charge in [0.25, 0.3) is 0 Å². The molecule has 1 aromatic rings. The molecule has 0 aromatic heterocycles. The highest BCUT2D eigenvalue weighted by Crippen LogP contribution is 2.42. The van der Waals surface area contributed by atoms with Crippen molar-refractivity contribution in [3.63, 3.8) is 0 Å². The van der Waals surface area contributed by atoms with Crippen LogP contribution < -0.4 is 11.1 Å². The Morgan fingerprint density at radius 3 is 2.27 bits per heavy atom. The van der Waals surface area contributed by atoms with Crippen molar-refractivity contribution in [1.29, 1.82) is 0 Å². The van der Waals surface area contributed by atoms with Crippen LogP contribution in [0.4, 0.5) is 9.59 Å². The molecule has 1 unspecified atom stereocenters. The smallest absolute Gasteiger partial charge is 0.434 e. The summed E-state index contributed by atoms with van der Waals surface area (Å²) in [6, 6.07) is 7.02. The van der Waals surface area contributed by atoms with Crippen molar-refractivity contribution < 1.29 is 28.5 Å². The zero-order chi connectivity index (χ0) is 22.3. The molecule has 0 amide bonds. The van der Waals surface area contributed by atoms with Crippen LogP contribution in [0.5, 0.6) is 0 Å². The second-order valence-electron chi connectivity index (χ2n) is 6.92. The predicted molar refractivity (Wildman–Crippen MR) is 112 cm³/mol. The highest BCUT2D eigenvalue weighted by atomic mass is 35.5. The van der Waals surface area contributed by atoms with Crippen molar-refractivity contribution in [2.75, 3.05) is 13.2 Å². The summed E-state index contributed by atoms with van der Waals surface area (Å²) in [5.41, 5.74) is 7.12. The first-order valence-corrected chi connectivity index (χ1v) is 9.98. The standard InChI is InChI=1S/C21H27ClN2O6/c1-12(2)28-21(26)30-19-14(4)24-13(3)18(29-20(25)27-11-7-10-23)17(19)15-8-5-6-9-16(15)22/h5-6,8-9,12,17,24H,7,10-11,23H2,1-4H3. The van der Waals surface area contributed by atoms with Crippen LogP contribution in [0.2, 0.25) is 5.02 Å². The van der Waals surface area contributed by atoms with E-state index in [0.717, 1.165) is 0 Å². The molecular formula is C21H27ClN2O6. The number of hydrogen-bond acceptors (Lipinski definition) is 8. The summed E-state index contributed by atoms with van der Waals surface area (Å²) >= 11 is 6.42. The number of rotatable bonds is 7. The zero-order valence-electron chi connectivity index (χ0n) is 17.5. The van der Waals surface area contributed by atoms with Gasteiger partial charge in [0.1, 0.15) is 17.4 Å². The molecule has 0 radical (unpaired) electrons. The molecule has 3 N–H and O–H groups in total. The van der Waals surface area contributed by atoms with Gasteiger partial charge in [-0.05, 0) is 52.3 Å². The highest BCUT2D eigenvalue weighted by Gasteiger charge is 2.36. The highest BCUT2D eigenvalue weighted by molar-refractivity contribution is 6.31. The third-order valence-corrected chi connectivity index (χ3v) is 4.49. The first-order valence-electron chi connectivity index (χ1n) is 9.60. The molecule has 0 bridgehead atoms. The molecule has 1 atom stereocenters. The van der Waals surface area contributed by atoms with Gasteiger partial charge in [-0.1, -0.05) is 29.8 Å². The summed E-state index contributed by atoms with van der Waals surface area (Å²) in [4.78, 5) is 24.4. The molecule has 1 heterocycles. The van der Waals surface area contributed by atoms with E-state index in [0.29, 0.717) is 34.9 Å². The second kappa shape index (κ2) is 10.9. The van der Waals surface area contributed by atoms with Crippen molar-refractivity contribution >= 4 is 23.9 Å². The van der Waals surface area contributed by atoms with Gasteiger partial charge in [-0.15, -0.1) is 0 Å². The molecule has 1 aromatic carbocycles. The van der Waals surface area contributed by atoms with Gasteiger partial charge in [0.2, 0.25) is 0 Å². The van der Waals surface area contributed by atoms with Crippen molar-refractivity contribution in [3.8, 4) is 0 Å². The number of allylic oxidation sites excluding steroid dienone is 2. The summed E-state index contributed by atoms with van der Waals surface area (Å²) in [6.07, 6.45) is -1.62. The lowest BCUT2D eigenvalue weighted by molar-refractivity contribution is 0.0455. The van der Waals surface area contributed by atoms with E-state index in [1.165, 1.54) is 0 Å². The quantitative estimate of drug-likeness (QED) is 0.471. The Kier molecular flexibility index (Phi) is 8.56. The van der Waals surface area contributed by atoms with Gasteiger partial charge in [0.15, 0.2) is 0 Å². The van der Waals surface area contributed by atoms with Crippen molar-refractivity contribution in [2.45, 2.75) is 46.1 Å². The first kappa shape index (κ1) is 23.6. The second-order valence-corrected chi connectivity index (χ2v) is 7.33. The van der Waals surface area contributed by atoms with Crippen LogP contribution in [0, 0.1) is 0 Å². The number of benzene rings is 1. The van der Waals surface area contributed by atoms with Gasteiger partial charge in [0.05, 0.1) is 24.1 Å². The molecule has 2 rings (SSSR count). The summed E-state index contributed by atoms with van der Waals surface area (Å²) in [6.45, 7) is 7.41. The van der Waals surface area contributed by atoms with E-state index >= 15 is 0 Å². The minimum Gasteiger partial charge on any atom is -0.434 e. The monoisotopic (exact) mass is 438 g/mol. The minimum atomic E-state index is -0.889. The molecule has 9 heteroatoms. The van der Waals surface area contributed by atoms with Crippen LogP contribution in [0.1, 0.15) is 45.6 Å². The summed E-state index contributed by atoms with van der Waals surface area (Å²) in [7, 11) is 0. The summed E-state index contributed by atoms with van der Waals surface area (Å²) in [5.74, 6) is -0.343. The third-order valence-electron chi connectivity index (χ3n) is 4.14. The third kappa shape index (κ3) is 6.14. The van der Waals surface area contributed by atoms with E-state index in [4.69, 9.17) is 36.3 Å². The molecule has 0 spiro atoms. The Balaban J connectivity index is 2.41. The minimum absolute atomic E-state index is 0.130. The normalized spacial score (nSPS) is 16.3. The van der Waals surface area contributed by atoms with Crippen molar-refractivity contribution in [1.82, 2.24) is 5.32 Å². The molecule has 30 heavy (non-hydrogen) atoms. The topological polar surface area (TPSA) is 109 Å². The number of carbonyl (C=O) groups is 2. The SMILES string of the molecule is CC1=C(OC(=O)OCCCN)C(c2ccccc2Cl)C(OC(=O)OC(C)C)=C(C)N1. The number of halogens is 1. The van der Waals surface area contributed by atoms with Crippen molar-refractivity contribution in [3.05, 3.63) is 57.8 Å². The van der Waals surface area contributed by atoms with Crippen LogP contribution in [-0.4, -0.2) is 31.6 Å². The van der Waals surface area contributed by atoms with Crippen LogP contribution >= 0.6 is 11.6 Å². The van der Waals surface area contributed by atoms with E-state index in [-0.39, 0.29) is 24.2 Å². The number of dihydropyridines is 1. The maximum atomic E-state index is 12.2. The number of carbonyl (C=O) groups excluding carboxylic acids is 2. The molecule has 0 saturated heterocycles. The molecule has 0 saturated carbocycles. The summed E-state index contributed by atoms with van der Waals surface area (Å²) < 4.78 is 21.2. The van der Waals surface area contributed by atoms with Gasteiger partial charge < -0.3 is 30.0 Å². The van der Waals surface area contributed by atoms with E-state index in [9.17, 15) is 9.59 Å². The first-order chi connectivity index (χ1) is 14.2. The van der Waals surface area contributed by atoms with E-state index in [1.807, 2.05) is 0 Å². The maximum absolute atomic E-state index is 12.2. The molecule has 1 aliphatic rings. The van der Waals surface area contributed by atoms with Crippen LogP contribution in [0.15, 0.2) is 47.2 Å². The van der Waals surface area contributed by atoms with Crippen LogP contribution in [0.25, 0.3) is 0 Å². The summed E-state index contributed by atoms with van der Waals surface area (Å²) in [5, 5.41) is 3.48. The van der Waals surface area contributed by atoms with E-state index in [2.05, 4.69) is 5.32 Å². The Labute approximate surface area is 180 Å². The number of nitrogens with one attached hydrogen (secondary N) is 1. The Morgan fingerprint density at radius 1 is 1.10 bits per heavy atom. The van der Waals surface area contributed by atoms with Crippen LogP contribution in [-0.2, 0) is 18.9 Å². The predicted octanol–water partition coefficient (Wildman–Crippen LogP) is 4.55. The van der Waals surface area contributed by atoms with Gasteiger partial charge >= 0.3 is 12.3 Å². The lowest BCUT2D eigenvalue weighted by atomic mass is 9.90. The molecule has 0 fully saturated rings. The van der Waals surface area contributed by atoms with E-state index in [1.54, 1.807) is 52.0 Å². The Hall–Kier alpha value is -2.71. The lowest BCUT2D eigenvalue weighted by Crippen LogP contribution is -2.29. The lowest BCUT2D eigenvalue weighted by Gasteiger charge is -2.30. The molecule has 0 aliphatic carbocycles. The molecule has 164 valence electrons. The Bertz CT molecular complexity index is 850. The van der Waals surface area contributed by atoms with Gasteiger partial charge in [0, 0.05) is 5.02 Å². The number of hydrogen-bond donors (Lipinski definition) is 2.